The van der Waals surface area contributed by atoms with Gasteiger partial charge in [0.25, 0.3) is 0 Å². The van der Waals surface area contributed by atoms with Crippen molar-refractivity contribution in [2.75, 3.05) is 5.75 Å². The lowest BCUT2D eigenvalue weighted by atomic mass is 9.99. The third kappa shape index (κ3) is 10.8. The number of hydrogen-bond donors (Lipinski definition) is 4. The van der Waals surface area contributed by atoms with Gasteiger partial charge in [0.1, 0.15) is 0 Å². The summed E-state index contributed by atoms with van der Waals surface area (Å²) in [5.41, 5.74) is 8.26. The molecule has 5 aromatic rings. The number of hydroxylamine groups is 1. The molecular formula is C40H44N6O6S. The molecule has 1 fully saturated rings. The topological polar surface area (TPSA) is 161 Å². The summed E-state index contributed by atoms with van der Waals surface area (Å²) < 4.78 is 15.0. The third-order valence-corrected chi connectivity index (χ3v) is 10.1. The Labute approximate surface area is 312 Å². The van der Waals surface area contributed by atoms with Crippen molar-refractivity contribution in [2.45, 2.75) is 81.8 Å². The maximum absolute atomic E-state index is 12.5. The molecule has 1 aliphatic heterocycles. The molecule has 3 atom stereocenters. The van der Waals surface area contributed by atoms with Crippen molar-refractivity contribution in [3.8, 4) is 16.8 Å². The van der Waals surface area contributed by atoms with E-state index in [0.29, 0.717) is 36.7 Å². The molecule has 0 aliphatic carbocycles. The molecule has 0 spiro atoms. The highest BCUT2D eigenvalue weighted by molar-refractivity contribution is 7.99. The molecule has 12 nitrogen and oxygen atoms in total. The summed E-state index contributed by atoms with van der Waals surface area (Å²) in [6.07, 6.45) is 3.39. The summed E-state index contributed by atoms with van der Waals surface area (Å²) in [7, 11) is 0. The van der Waals surface area contributed by atoms with E-state index in [9.17, 15) is 14.7 Å². The van der Waals surface area contributed by atoms with Crippen molar-refractivity contribution in [3.05, 3.63) is 125 Å². The zero-order valence-corrected chi connectivity index (χ0v) is 30.2. The number of thioether (sulfide) groups is 1. The largest absolute Gasteiger partial charge is 0.392 e. The number of unbranched alkanes of at least 4 members (excludes halogenated alkanes) is 3. The Hall–Kier alpha value is -4.92. The first-order valence-corrected chi connectivity index (χ1v) is 18.8. The zero-order chi connectivity index (χ0) is 36.8. The van der Waals surface area contributed by atoms with Crippen molar-refractivity contribution in [1.82, 2.24) is 31.0 Å². The van der Waals surface area contributed by atoms with Crippen LogP contribution in [0, 0.1) is 0 Å². The summed E-state index contributed by atoms with van der Waals surface area (Å²) in [6, 6.07) is 33.9. The number of aromatic nitrogens is 4. The van der Waals surface area contributed by atoms with Gasteiger partial charge in [-0.25, -0.2) is 5.48 Å². The Bertz CT molecular complexity index is 1920. The first-order chi connectivity index (χ1) is 26.0. The van der Waals surface area contributed by atoms with E-state index in [-0.39, 0.29) is 37.0 Å². The van der Waals surface area contributed by atoms with Crippen LogP contribution in [-0.2, 0) is 32.2 Å². The lowest BCUT2D eigenvalue weighted by molar-refractivity contribution is -0.245. The van der Waals surface area contributed by atoms with E-state index in [2.05, 4.69) is 39.0 Å². The number of tetrazole rings is 1. The van der Waals surface area contributed by atoms with Crippen LogP contribution < -0.4 is 10.8 Å². The number of carbonyl (C=O) groups excluding carboxylic acids is 2. The molecular weight excluding hydrogens is 693 g/mol. The van der Waals surface area contributed by atoms with E-state index in [1.54, 1.807) is 10.2 Å². The fraction of sp³-hybridized carbons (Fsp3) is 0.325. The standard InChI is InChI=1S/C40H44N6O6S/c47-26-28-18-20-30(21-19-28)36-24-35(27-53-40-42-44-45-46(40)34-14-4-3-5-15-34)51-39(52-36)33-13-9-12-32(23-33)31-11-8-10-29(22-31)25-41-37(48)16-6-1-2-7-17-38(49)43-50/h3-5,8-15,18-23,35-36,39,47,50H,1-2,6-7,16-17,24-27H2,(H,41,48)(H,43,49)/t35-,36+,39+/m0/s1. The normalized spacial score (nSPS) is 17.0. The first kappa shape index (κ1) is 37.8. The third-order valence-electron chi connectivity index (χ3n) is 9.05. The number of aliphatic hydroxyl groups excluding tert-OH is 1. The van der Waals surface area contributed by atoms with E-state index in [1.807, 2.05) is 84.9 Å². The Morgan fingerprint density at radius 3 is 2.28 bits per heavy atom. The smallest absolute Gasteiger partial charge is 0.243 e. The fourth-order valence-electron chi connectivity index (χ4n) is 6.19. The molecule has 0 unspecified atom stereocenters. The van der Waals surface area contributed by atoms with Crippen LogP contribution in [0.3, 0.4) is 0 Å². The molecule has 0 radical (unpaired) electrons. The predicted molar refractivity (Wildman–Crippen MR) is 200 cm³/mol. The molecule has 4 N–H and O–H groups in total. The molecule has 13 heteroatoms. The van der Waals surface area contributed by atoms with E-state index in [4.69, 9.17) is 14.7 Å². The number of para-hydroxylation sites is 1. The summed E-state index contributed by atoms with van der Waals surface area (Å²) in [4.78, 5) is 23.6. The van der Waals surface area contributed by atoms with Crippen molar-refractivity contribution in [1.29, 1.82) is 0 Å². The highest BCUT2D eigenvalue weighted by Crippen LogP contribution is 2.40. The van der Waals surface area contributed by atoms with Gasteiger partial charge < -0.3 is 19.9 Å². The molecule has 1 saturated heterocycles. The number of aliphatic hydroxyl groups is 1. The highest BCUT2D eigenvalue weighted by Gasteiger charge is 2.33. The second-order valence-corrected chi connectivity index (χ2v) is 13.9. The fourth-order valence-corrected chi connectivity index (χ4v) is 7.09. The Kier molecular flexibility index (Phi) is 13.7. The van der Waals surface area contributed by atoms with Crippen LogP contribution in [-0.4, -0.2) is 54.2 Å². The van der Waals surface area contributed by atoms with Crippen LogP contribution in [0.2, 0.25) is 0 Å². The lowest BCUT2D eigenvalue weighted by Gasteiger charge is -2.36. The summed E-state index contributed by atoms with van der Waals surface area (Å²) in [6.45, 7) is 0.394. The number of rotatable bonds is 17. The van der Waals surface area contributed by atoms with Crippen molar-refractivity contribution in [2.24, 2.45) is 0 Å². The van der Waals surface area contributed by atoms with Crippen molar-refractivity contribution < 1.29 is 29.4 Å². The Balaban J connectivity index is 1.11. The summed E-state index contributed by atoms with van der Waals surface area (Å²) >= 11 is 1.54. The van der Waals surface area contributed by atoms with E-state index >= 15 is 0 Å². The van der Waals surface area contributed by atoms with Gasteiger partial charge >= 0.3 is 0 Å². The van der Waals surface area contributed by atoms with Gasteiger partial charge in [-0.2, -0.15) is 4.68 Å². The van der Waals surface area contributed by atoms with Gasteiger partial charge in [-0.15, -0.1) is 5.10 Å². The van der Waals surface area contributed by atoms with Crippen molar-refractivity contribution in [3.63, 3.8) is 0 Å². The molecule has 2 heterocycles. The molecule has 276 valence electrons. The number of ether oxygens (including phenoxy) is 2. The number of benzene rings is 4. The van der Waals surface area contributed by atoms with Crippen LogP contribution in [0.4, 0.5) is 0 Å². The van der Waals surface area contributed by atoms with Gasteiger partial charge in [-0.05, 0) is 75.4 Å². The van der Waals surface area contributed by atoms with Gasteiger partial charge in [0.05, 0.1) is 24.5 Å². The van der Waals surface area contributed by atoms with E-state index < -0.39 is 6.29 Å². The number of hydrogen-bond acceptors (Lipinski definition) is 10. The highest BCUT2D eigenvalue weighted by atomic mass is 32.2. The molecule has 53 heavy (non-hydrogen) atoms. The number of amides is 2. The molecule has 6 rings (SSSR count). The first-order valence-electron chi connectivity index (χ1n) is 17.8. The maximum atomic E-state index is 12.5. The molecule has 2 amide bonds. The SMILES string of the molecule is O=C(CCCCCCC(=O)NCc1cccc(-c2cccc([C@@H]3O[C@H](CSc4nnnn4-c4ccccc4)C[C@H](c4ccc(CO)cc4)O3)c2)c1)NO. The van der Waals surface area contributed by atoms with Crippen LogP contribution in [0.25, 0.3) is 16.8 Å². The summed E-state index contributed by atoms with van der Waals surface area (Å²) in [5.74, 6) is 0.207. The van der Waals surface area contributed by atoms with E-state index in [1.165, 1.54) is 11.8 Å². The molecule has 0 bridgehead atoms. The van der Waals surface area contributed by atoms with Crippen LogP contribution >= 0.6 is 11.8 Å². The Morgan fingerprint density at radius 1 is 0.792 bits per heavy atom. The molecule has 1 aromatic heterocycles. The quantitative estimate of drug-likeness (QED) is 0.0354. The van der Waals surface area contributed by atoms with Crippen LogP contribution in [0.5, 0.6) is 0 Å². The molecule has 4 aromatic carbocycles. The van der Waals surface area contributed by atoms with Crippen LogP contribution in [0.15, 0.2) is 108 Å². The number of nitrogens with one attached hydrogen (secondary N) is 2. The van der Waals surface area contributed by atoms with Gasteiger partial charge in [-0.3, -0.25) is 14.8 Å². The second-order valence-electron chi connectivity index (χ2n) is 12.9. The average molecular weight is 737 g/mol. The number of nitrogens with zero attached hydrogens (tertiary/aromatic N) is 4. The number of carbonyl (C=O) groups is 2. The van der Waals surface area contributed by atoms with Gasteiger partial charge in [0, 0.05) is 37.1 Å². The predicted octanol–water partition coefficient (Wildman–Crippen LogP) is 6.62. The average Bonchev–Trinajstić information content (AvgIpc) is 3.69. The van der Waals surface area contributed by atoms with Gasteiger partial charge in [-0.1, -0.05) is 103 Å². The van der Waals surface area contributed by atoms with Gasteiger partial charge in [0.15, 0.2) is 6.29 Å². The maximum Gasteiger partial charge on any atom is 0.243 e. The van der Waals surface area contributed by atoms with Crippen LogP contribution in [0.1, 0.15) is 79.6 Å². The summed E-state index contributed by atoms with van der Waals surface area (Å²) in [5, 5.41) is 34.2. The minimum atomic E-state index is -0.628. The molecule has 1 aliphatic rings. The van der Waals surface area contributed by atoms with E-state index in [0.717, 1.165) is 58.3 Å². The second kappa shape index (κ2) is 19.2. The zero-order valence-electron chi connectivity index (χ0n) is 29.3. The minimum Gasteiger partial charge on any atom is -0.392 e. The monoisotopic (exact) mass is 736 g/mol. The lowest BCUT2D eigenvalue weighted by Crippen LogP contribution is -2.31. The Morgan fingerprint density at radius 2 is 1.53 bits per heavy atom. The van der Waals surface area contributed by atoms with Crippen molar-refractivity contribution >= 4 is 23.6 Å². The molecule has 0 saturated carbocycles. The minimum absolute atomic E-state index is 0.0121. The van der Waals surface area contributed by atoms with Gasteiger partial charge in [0.2, 0.25) is 17.0 Å².